The number of hydrogen-bond acceptors (Lipinski definition) is 4. The lowest BCUT2D eigenvalue weighted by molar-refractivity contribution is 0.569. The lowest BCUT2D eigenvalue weighted by Gasteiger charge is -2.04. The Kier molecular flexibility index (Phi) is 3.02. The summed E-state index contributed by atoms with van der Waals surface area (Å²) in [5.74, 6) is 0. The van der Waals surface area contributed by atoms with E-state index in [1.54, 1.807) is 23.3 Å². The molecule has 2 aromatic rings. The summed E-state index contributed by atoms with van der Waals surface area (Å²) in [6.45, 7) is 0.838. The van der Waals surface area contributed by atoms with Gasteiger partial charge in [0.1, 0.15) is 0 Å². The Labute approximate surface area is 92.6 Å². The van der Waals surface area contributed by atoms with Gasteiger partial charge in [-0.15, -0.1) is 0 Å². The summed E-state index contributed by atoms with van der Waals surface area (Å²) >= 11 is 0. The maximum atomic E-state index is 11.6. The van der Waals surface area contributed by atoms with E-state index in [2.05, 4.69) is 19.9 Å². The van der Waals surface area contributed by atoms with Crippen molar-refractivity contribution in [2.24, 2.45) is 0 Å². The van der Waals surface area contributed by atoms with Crippen LogP contribution in [0.3, 0.4) is 0 Å². The van der Waals surface area contributed by atoms with Gasteiger partial charge in [0.05, 0.1) is 12.5 Å². The van der Waals surface area contributed by atoms with Crippen LogP contribution in [0.5, 0.6) is 0 Å². The van der Waals surface area contributed by atoms with Crippen molar-refractivity contribution in [1.82, 2.24) is 24.5 Å². The van der Waals surface area contributed by atoms with Crippen molar-refractivity contribution in [3.63, 3.8) is 0 Å². The van der Waals surface area contributed by atoms with E-state index in [-0.39, 0.29) is 5.03 Å². The van der Waals surface area contributed by atoms with Gasteiger partial charge in [-0.1, -0.05) is 0 Å². The highest BCUT2D eigenvalue weighted by Crippen LogP contribution is 2.01. The monoisotopic (exact) mass is 241 g/mol. The molecule has 0 radical (unpaired) electrons. The van der Waals surface area contributed by atoms with E-state index in [9.17, 15) is 8.42 Å². The second-order valence-corrected chi connectivity index (χ2v) is 4.85. The van der Waals surface area contributed by atoms with Gasteiger partial charge in [0, 0.05) is 25.5 Å². The van der Waals surface area contributed by atoms with Gasteiger partial charge in [0.2, 0.25) is 0 Å². The minimum Gasteiger partial charge on any atom is -0.336 e. The minimum absolute atomic E-state index is 0.0677. The van der Waals surface area contributed by atoms with Crippen molar-refractivity contribution >= 4 is 10.0 Å². The Balaban J connectivity index is 1.91. The molecule has 0 aliphatic carbocycles. The number of aromatic amines is 1. The zero-order valence-corrected chi connectivity index (χ0v) is 9.18. The fraction of sp³-hybridized carbons (Fsp3) is 0.250. The summed E-state index contributed by atoms with van der Waals surface area (Å²) in [5.41, 5.74) is 0. The van der Waals surface area contributed by atoms with Crippen LogP contribution in [0.2, 0.25) is 0 Å². The predicted octanol–water partition coefficient (Wildman–Crippen LogP) is -0.415. The first kappa shape index (κ1) is 10.8. The van der Waals surface area contributed by atoms with Crippen LogP contribution in [0, 0.1) is 0 Å². The fourth-order valence-electron chi connectivity index (χ4n) is 1.20. The SMILES string of the molecule is O=S(=O)(NCCn1ccnc1)c1ccn[nH]1. The second-order valence-electron chi connectivity index (χ2n) is 3.12. The first-order chi connectivity index (χ1) is 7.68. The molecule has 0 bridgehead atoms. The quantitative estimate of drug-likeness (QED) is 0.744. The Hall–Kier alpha value is -1.67. The number of sulfonamides is 1. The van der Waals surface area contributed by atoms with Crippen LogP contribution in [-0.4, -0.2) is 34.7 Å². The molecular formula is C8H11N5O2S. The van der Waals surface area contributed by atoms with Crippen LogP contribution in [0.25, 0.3) is 0 Å². The summed E-state index contributed by atoms with van der Waals surface area (Å²) < 4.78 is 27.5. The third kappa shape index (κ3) is 2.47. The third-order valence-corrected chi connectivity index (χ3v) is 3.38. The normalized spacial score (nSPS) is 11.8. The van der Waals surface area contributed by atoms with Gasteiger partial charge in [-0.05, 0) is 6.07 Å². The average Bonchev–Trinajstić information content (AvgIpc) is 2.90. The van der Waals surface area contributed by atoms with Gasteiger partial charge >= 0.3 is 0 Å². The van der Waals surface area contributed by atoms with E-state index in [1.165, 1.54) is 12.3 Å². The average molecular weight is 241 g/mol. The molecule has 0 saturated carbocycles. The molecule has 86 valence electrons. The molecule has 2 rings (SSSR count). The van der Waals surface area contributed by atoms with Crippen molar-refractivity contribution in [3.05, 3.63) is 31.0 Å². The minimum atomic E-state index is -3.47. The first-order valence-electron chi connectivity index (χ1n) is 4.63. The van der Waals surface area contributed by atoms with Crippen molar-refractivity contribution < 1.29 is 8.42 Å². The summed E-state index contributed by atoms with van der Waals surface area (Å²) in [7, 11) is -3.47. The lowest BCUT2D eigenvalue weighted by Crippen LogP contribution is -2.27. The molecule has 8 heteroatoms. The van der Waals surface area contributed by atoms with E-state index < -0.39 is 10.0 Å². The largest absolute Gasteiger partial charge is 0.336 e. The van der Waals surface area contributed by atoms with Crippen molar-refractivity contribution in [2.45, 2.75) is 11.6 Å². The molecule has 16 heavy (non-hydrogen) atoms. The van der Waals surface area contributed by atoms with Crippen LogP contribution >= 0.6 is 0 Å². The number of H-pyrrole nitrogens is 1. The molecule has 7 nitrogen and oxygen atoms in total. The molecule has 2 N–H and O–H groups in total. The third-order valence-electron chi connectivity index (χ3n) is 1.99. The van der Waals surface area contributed by atoms with Gasteiger partial charge in [0.15, 0.2) is 5.03 Å². The summed E-state index contributed by atoms with van der Waals surface area (Å²) in [6, 6.07) is 1.40. The number of rotatable bonds is 5. The fourth-order valence-corrected chi connectivity index (χ4v) is 2.13. The van der Waals surface area contributed by atoms with Crippen molar-refractivity contribution in [3.8, 4) is 0 Å². The molecule has 0 saturated heterocycles. The number of aromatic nitrogens is 4. The summed E-state index contributed by atoms with van der Waals surface area (Å²) in [5, 5.41) is 6.06. The molecule has 2 aromatic heterocycles. The molecular weight excluding hydrogens is 230 g/mol. The molecule has 0 unspecified atom stereocenters. The topological polar surface area (TPSA) is 92.7 Å². The van der Waals surface area contributed by atoms with Crippen LogP contribution in [0.15, 0.2) is 36.0 Å². The molecule has 0 aliphatic rings. The zero-order valence-electron chi connectivity index (χ0n) is 8.37. The van der Waals surface area contributed by atoms with E-state index in [0.29, 0.717) is 13.1 Å². The zero-order chi connectivity index (χ0) is 11.4. The molecule has 0 atom stereocenters. The number of imidazole rings is 1. The molecule has 0 aliphatic heterocycles. The second kappa shape index (κ2) is 4.45. The molecule has 0 amide bonds. The van der Waals surface area contributed by atoms with Gasteiger partial charge in [-0.2, -0.15) is 5.10 Å². The lowest BCUT2D eigenvalue weighted by atomic mass is 10.6. The van der Waals surface area contributed by atoms with Gasteiger partial charge in [-0.25, -0.2) is 18.1 Å². The Morgan fingerprint density at radius 2 is 2.31 bits per heavy atom. The van der Waals surface area contributed by atoms with Crippen LogP contribution in [0.4, 0.5) is 0 Å². The molecule has 0 fully saturated rings. The maximum absolute atomic E-state index is 11.6. The van der Waals surface area contributed by atoms with E-state index in [0.717, 1.165) is 0 Å². The highest BCUT2D eigenvalue weighted by atomic mass is 32.2. The van der Waals surface area contributed by atoms with Crippen molar-refractivity contribution in [2.75, 3.05) is 6.54 Å². The number of nitrogens with zero attached hydrogens (tertiary/aromatic N) is 3. The van der Waals surface area contributed by atoms with Crippen LogP contribution < -0.4 is 4.72 Å². The standard InChI is InChI=1S/C8H11N5O2S/c14-16(15,8-1-2-10-12-8)11-4-6-13-5-3-9-7-13/h1-3,5,7,11H,4,6H2,(H,10,12). The van der Waals surface area contributed by atoms with Crippen molar-refractivity contribution in [1.29, 1.82) is 0 Å². The number of nitrogens with one attached hydrogen (secondary N) is 2. The van der Waals surface area contributed by atoms with Crippen LogP contribution in [0.1, 0.15) is 0 Å². The maximum Gasteiger partial charge on any atom is 0.257 e. The molecule has 2 heterocycles. The van der Waals surface area contributed by atoms with Crippen LogP contribution in [-0.2, 0) is 16.6 Å². The van der Waals surface area contributed by atoms with E-state index >= 15 is 0 Å². The van der Waals surface area contributed by atoms with Gasteiger partial charge in [-0.3, -0.25) is 5.10 Å². The Morgan fingerprint density at radius 1 is 1.44 bits per heavy atom. The number of hydrogen-bond donors (Lipinski definition) is 2. The van der Waals surface area contributed by atoms with Gasteiger partial charge in [0.25, 0.3) is 10.0 Å². The van der Waals surface area contributed by atoms with E-state index in [4.69, 9.17) is 0 Å². The van der Waals surface area contributed by atoms with Gasteiger partial charge < -0.3 is 4.57 Å². The molecule has 0 spiro atoms. The predicted molar refractivity (Wildman–Crippen MR) is 56.0 cm³/mol. The Morgan fingerprint density at radius 3 is 2.94 bits per heavy atom. The molecule has 0 aromatic carbocycles. The highest BCUT2D eigenvalue weighted by Gasteiger charge is 2.13. The summed E-state index contributed by atoms with van der Waals surface area (Å²) in [4.78, 5) is 3.86. The smallest absolute Gasteiger partial charge is 0.257 e. The summed E-state index contributed by atoms with van der Waals surface area (Å²) in [6.07, 6.45) is 6.43. The van der Waals surface area contributed by atoms with E-state index in [1.807, 2.05) is 0 Å². The Bertz CT molecular complexity index is 517. The highest BCUT2D eigenvalue weighted by molar-refractivity contribution is 7.89. The first-order valence-corrected chi connectivity index (χ1v) is 6.11.